The van der Waals surface area contributed by atoms with Crippen LogP contribution in [0.15, 0.2) is 18.3 Å². The van der Waals surface area contributed by atoms with Crippen LogP contribution in [-0.2, 0) is 11.3 Å². The molecule has 2 rings (SSSR count). The van der Waals surface area contributed by atoms with Crippen molar-refractivity contribution in [2.24, 2.45) is 0 Å². The Morgan fingerprint density at radius 2 is 2.33 bits per heavy atom. The Labute approximate surface area is 102 Å². The fourth-order valence-corrected chi connectivity index (χ4v) is 1.71. The molecular weight excluding hydrogens is 247 g/mol. The van der Waals surface area contributed by atoms with E-state index >= 15 is 0 Å². The van der Waals surface area contributed by atoms with Crippen LogP contribution < -0.4 is 10.6 Å². The van der Waals surface area contributed by atoms with Gasteiger partial charge in [-0.1, -0.05) is 0 Å². The van der Waals surface area contributed by atoms with Crippen molar-refractivity contribution in [2.45, 2.75) is 24.9 Å². The van der Waals surface area contributed by atoms with Crippen LogP contribution in [0.2, 0.25) is 0 Å². The molecule has 0 aliphatic carbocycles. The smallest absolute Gasteiger partial charge is 0.262 e. The minimum atomic E-state index is -2.84. The number of nitrogens with zero attached hydrogens (tertiary/aromatic N) is 1. The fourth-order valence-electron chi connectivity index (χ4n) is 1.71. The zero-order chi connectivity index (χ0) is 13.2. The number of aromatic nitrogens is 1. The molecule has 0 aromatic carbocycles. The lowest BCUT2D eigenvalue weighted by Crippen LogP contribution is -2.40. The summed E-state index contributed by atoms with van der Waals surface area (Å²) in [6.45, 7) is -0.400. The minimum Gasteiger partial charge on any atom is -0.349 e. The Morgan fingerprint density at radius 3 is 2.89 bits per heavy atom. The Bertz CT molecular complexity index is 436. The van der Waals surface area contributed by atoms with Crippen molar-refractivity contribution in [3.8, 4) is 0 Å². The molecular formula is C11H12F3N3O. The molecule has 1 aromatic heterocycles. The molecule has 7 heteroatoms. The molecule has 1 saturated heterocycles. The summed E-state index contributed by atoms with van der Waals surface area (Å²) < 4.78 is 38.3. The second-order valence-electron chi connectivity index (χ2n) is 4.18. The third-order valence-electron chi connectivity index (χ3n) is 2.66. The second kappa shape index (κ2) is 4.93. The molecule has 1 unspecified atom stereocenters. The zero-order valence-corrected chi connectivity index (χ0v) is 9.42. The first kappa shape index (κ1) is 12.8. The van der Waals surface area contributed by atoms with Gasteiger partial charge in [-0.3, -0.25) is 15.1 Å². The molecule has 0 spiro atoms. The topological polar surface area (TPSA) is 54.0 Å². The van der Waals surface area contributed by atoms with E-state index in [0.717, 1.165) is 6.20 Å². The quantitative estimate of drug-likeness (QED) is 0.845. The number of rotatable bonds is 3. The van der Waals surface area contributed by atoms with E-state index in [-0.39, 0.29) is 6.54 Å². The minimum absolute atomic E-state index is 0.0862. The molecule has 0 saturated carbocycles. The lowest BCUT2D eigenvalue weighted by atomic mass is 10.2. The Balaban J connectivity index is 1.84. The predicted molar refractivity (Wildman–Crippen MR) is 57.4 cm³/mol. The van der Waals surface area contributed by atoms with E-state index in [9.17, 15) is 18.0 Å². The van der Waals surface area contributed by atoms with Crippen LogP contribution >= 0.6 is 0 Å². The van der Waals surface area contributed by atoms with Crippen LogP contribution in [0, 0.1) is 5.82 Å². The summed E-state index contributed by atoms with van der Waals surface area (Å²) in [6.07, 6.45) is 0.527. The van der Waals surface area contributed by atoms with E-state index in [4.69, 9.17) is 0 Å². The van der Waals surface area contributed by atoms with Crippen molar-refractivity contribution in [3.63, 3.8) is 0 Å². The van der Waals surface area contributed by atoms with E-state index in [1.807, 2.05) is 0 Å². The van der Waals surface area contributed by atoms with Crippen molar-refractivity contribution >= 4 is 5.91 Å². The number of carbonyl (C=O) groups excluding carboxylic acids is 1. The van der Waals surface area contributed by atoms with E-state index in [2.05, 4.69) is 15.6 Å². The molecule has 2 heterocycles. The standard InChI is InChI=1S/C11H12F3N3O/c12-7-1-2-8(15-4-7)5-16-10(18)9-3-11(13,14)6-17-9/h1-2,4,9,17H,3,5-6H2,(H,16,18). The maximum atomic E-state index is 12.9. The van der Waals surface area contributed by atoms with Crippen molar-refractivity contribution in [1.82, 2.24) is 15.6 Å². The number of hydrogen-bond donors (Lipinski definition) is 2. The highest BCUT2D eigenvalue weighted by atomic mass is 19.3. The van der Waals surface area contributed by atoms with Gasteiger partial charge >= 0.3 is 0 Å². The predicted octanol–water partition coefficient (Wildman–Crippen LogP) is 0.834. The largest absolute Gasteiger partial charge is 0.349 e. The molecule has 2 N–H and O–H groups in total. The summed E-state index contributed by atoms with van der Waals surface area (Å²) in [5.74, 6) is -3.81. The van der Waals surface area contributed by atoms with Gasteiger partial charge in [0.05, 0.1) is 31.0 Å². The maximum absolute atomic E-state index is 12.9. The SMILES string of the molecule is O=C(NCc1ccc(F)cn1)C1CC(F)(F)CN1. The second-order valence-corrected chi connectivity index (χ2v) is 4.18. The van der Waals surface area contributed by atoms with Gasteiger partial charge in [0.2, 0.25) is 5.91 Å². The average Bonchev–Trinajstić information content (AvgIpc) is 2.69. The summed E-state index contributed by atoms with van der Waals surface area (Å²) in [4.78, 5) is 15.3. The van der Waals surface area contributed by atoms with Gasteiger partial charge in [-0.15, -0.1) is 0 Å². The first-order valence-electron chi connectivity index (χ1n) is 5.46. The van der Waals surface area contributed by atoms with Crippen LogP contribution in [0.3, 0.4) is 0 Å². The molecule has 1 fully saturated rings. The number of hydrogen-bond acceptors (Lipinski definition) is 3. The first-order valence-corrected chi connectivity index (χ1v) is 5.46. The molecule has 0 radical (unpaired) electrons. The molecule has 98 valence electrons. The summed E-state index contributed by atoms with van der Waals surface area (Å²) in [6, 6.07) is 1.75. The molecule has 1 amide bonds. The van der Waals surface area contributed by atoms with Gasteiger partial charge < -0.3 is 5.32 Å². The normalized spacial score (nSPS) is 21.8. The van der Waals surface area contributed by atoms with E-state index in [1.54, 1.807) is 0 Å². The monoisotopic (exact) mass is 259 g/mol. The summed E-state index contributed by atoms with van der Waals surface area (Å²) in [5.41, 5.74) is 0.467. The van der Waals surface area contributed by atoms with Crippen molar-refractivity contribution in [3.05, 3.63) is 29.8 Å². The molecule has 0 bridgehead atoms. The third-order valence-corrected chi connectivity index (χ3v) is 2.66. The van der Waals surface area contributed by atoms with Gasteiger partial charge in [0.25, 0.3) is 5.92 Å². The van der Waals surface area contributed by atoms with Crippen LogP contribution in [0.25, 0.3) is 0 Å². The van der Waals surface area contributed by atoms with Gasteiger partial charge in [0.15, 0.2) is 0 Å². The van der Waals surface area contributed by atoms with Crippen LogP contribution in [0.4, 0.5) is 13.2 Å². The average molecular weight is 259 g/mol. The highest BCUT2D eigenvalue weighted by Gasteiger charge is 2.42. The molecule has 1 aliphatic rings. The summed E-state index contributed by atoms with van der Waals surface area (Å²) in [5, 5.41) is 4.93. The Hall–Kier alpha value is -1.63. The molecule has 18 heavy (non-hydrogen) atoms. The lowest BCUT2D eigenvalue weighted by Gasteiger charge is -2.10. The van der Waals surface area contributed by atoms with Gasteiger partial charge in [0, 0.05) is 6.42 Å². The highest BCUT2D eigenvalue weighted by molar-refractivity contribution is 5.82. The molecule has 1 aromatic rings. The van der Waals surface area contributed by atoms with Crippen LogP contribution in [0.5, 0.6) is 0 Å². The number of nitrogens with one attached hydrogen (secondary N) is 2. The fraction of sp³-hybridized carbons (Fsp3) is 0.455. The first-order chi connectivity index (χ1) is 8.46. The third kappa shape index (κ3) is 3.19. The Morgan fingerprint density at radius 1 is 1.56 bits per heavy atom. The zero-order valence-electron chi connectivity index (χ0n) is 9.42. The number of pyridine rings is 1. The van der Waals surface area contributed by atoms with Gasteiger partial charge in [-0.05, 0) is 12.1 Å². The van der Waals surface area contributed by atoms with Gasteiger partial charge in [-0.2, -0.15) is 0 Å². The molecule has 1 atom stereocenters. The van der Waals surface area contributed by atoms with E-state index in [1.165, 1.54) is 12.1 Å². The summed E-state index contributed by atoms with van der Waals surface area (Å²) >= 11 is 0. The number of carbonyl (C=O) groups is 1. The van der Waals surface area contributed by atoms with Crippen molar-refractivity contribution in [1.29, 1.82) is 0 Å². The van der Waals surface area contributed by atoms with Gasteiger partial charge in [0.1, 0.15) is 5.82 Å². The van der Waals surface area contributed by atoms with E-state index in [0.29, 0.717) is 5.69 Å². The summed E-state index contributed by atoms with van der Waals surface area (Å²) in [7, 11) is 0. The van der Waals surface area contributed by atoms with Crippen molar-refractivity contribution < 1.29 is 18.0 Å². The maximum Gasteiger partial charge on any atom is 0.262 e. The highest BCUT2D eigenvalue weighted by Crippen LogP contribution is 2.24. The number of amides is 1. The lowest BCUT2D eigenvalue weighted by molar-refractivity contribution is -0.123. The van der Waals surface area contributed by atoms with Crippen molar-refractivity contribution in [2.75, 3.05) is 6.54 Å². The Kier molecular flexibility index (Phi) is 3.51. The van der Waals surface area contributed by atoms with Gasteiger partial charge in [-0.25, -0.2) is 13.2 Å². The van der Waals surface area contributed by atoms with Crippen LogP contribution in [0.1, 0.15) is 12.1 Å². The molecule has 4 nitrogen and oxygen atoms in total. The number of halogens is 3. The van der Waals surface area contributed by atoms with E-state index < -0.39 is 36.7 Å². The molecule has 1 aliphatic heterocycles. The van der Waals surface area contributed by atoms with Crippen LogP contribution in [-0.4, -0.2) is 29.4 Å². The number of alkyl halides is 2.